The van der Waals surface area contributed by atoms with Gasteiger partial charge in [-0.25, -0.2) is 17.9 Å². The quantitative estimate of drug-likeness (QED) is 0.499. The van der Waals surface area contributed by atoms with Gasteiger partial charge in [0.25, 0.3) is 0 Å². The van der Waals surface area contributed by atoms with E-state index in [1.807, 2.05) is 12.1 Å². The molecule has 2 aromatic carbocycles. The van der Waals surface area contributed by atoms with Crippen molar-refractivity contribution in [2.75, 3.05) is 18.6 Å². The number of anilines is 1. The Morgan fingerprint density at radius 1 is 1.15 bits per heavy atom. The first-order valence-electron chi connectivity index (χ1n) is 10.1. The third kappa shape index (κ3) is 5.03. The average Bonchev–Trinajstić information content (AvgIpc) is 3.14. The number of halogens is 4. The number of hydrogen-bond acceptors (Lipinski definition) is 5. The second kappa shape index (κ2) is 9.52. The van der Waals surface area contributed by atoms with Crippen molar-refractivity contribution in [3.8, 4) is 5.75 Å². The molecule has 1 saturated heterocycles. The van der Waals surface area contributed by atoms with Crippen molar-refractivity contribution in [3.63, 3.8) is 0 Å². The second-order valence-electron chi connectivity index (χ2n) is 7.80. The van der Waals surface area contributed by atoms with Gasteiger partial charge in [0.15, 0.2) is 17.5 Å². The summed E-state index contributed by atoms with van der Waals surface area (Å²) in [6, 6.07) is 9.03. The standard InChI is InChI=1S/C22H20BrF3N4O3/c1-33-16-4-2-12(3-5-16)10-30-22(27-21(23)28-30)29-11-15(31)9-14(20(29)32)6-13-7-17(24)19(26)18(25)8-13/h2-5,7-8,14-15,31H,6,9-11H2,1H3. The lowest BCUT2D eigenvalue weighted by molar-refractivity contribution is -0.125. The van der Waals surface area contributed by atoms with Gasteiger partial charge in [-0.1, -0.05) is 12.1 Å². The number of amides is 1. The number of hydrogen-bond donors (Lipinski definition) is 1. The van der Waals surface area contributed by atoms with E-state index in [-0.39, 0.29) is 41.5 Å². The van der Waals surface area contributed by atoms with Crippen molar-refractivity contribution in [3.05, 3.63) is 69.7 Å². The number of β-amino-alcohol motifs (C(OH)–C–C–N with tert-alkyl or cyclic N) is 1. The lowest BCUT2D eigenvalue weighted by atomic mass is 9.89. The zero-order valence-corrected chi connectivity index (χ0v) is 19.1. The van der Waals surface area contributed by atoms with Crippen LogP contribution in [0.25, 0.3) is 0 Å². The number of rotatable bonds is 6. The summed E-state index contributed by atoms with van der Waals surface area (Å²) in [6.07, 6.45) is -0.842. The normalized spacial score (nSPS) is 18.6. The number of carbonyl (C=O) groups is 1. The minimum Gasteiger partial charge on any atom is -0.497 e. The highest BCUT2D eigenvalue weighted by molar-refractivity contribution is 9.10. The Morgan fingerprint density at radius 3 is 2.45 bits per heavy atom. The fraction of sp³-hybridized carbons (Fsp3) is 0.318. The number of carbonyl (C=O) groups excluding carboxylic acids is 1. The number of aliphatic hydroxyl groups is 1. The molecule has 1 aliphatic heterocycles. The smallest absolute Gasteiger partial charge is 0.232 e. The van der Waals surface area contributed by atoms with Gasteiger partial charge in [-0.3, -0.25) is 9.69 Å². The summed E-state index contributed by atoms with van der Waals surface area (Å²) in [5, 5.41) is 14.7. The van der Waals surface area contributed by atoms with Crippen molar-refractivity contribution in [1.29, 1.82) is 0 Å². The van der Waals surface area contributed by atoms with Crippen LogP contribution in [0.2, 0.25) is 0 Å². The molecular formula is C22H20BrF3N4O3. The molecule has 1 amide bonds. The SMILES string of the molecule is COc1ccc(Cn2nc(Br)nc2N2CC(O)CC(Cc3cc(F)c(F)c(F)c3)C2=O)cc1. The monoisotopic (exact) mass is 524 g/mol. The van der Waals surface area contributed by atoms with Gasteiger partial charge in [-0.15, -0.1) is 5.10 Å². The van der Waals surface area contributed by atoms with E-state index in [1.54, 1.807) is 19.2 Å². The van der Waals surface area contributed by atoms with Gasteiger partial charge in [0.05, 0.1) is 26.3 Å². The Kier molecular flexibility index (Phi) is 6.71. The van der Waals surface area contributed by atoms with Crippen LogP contribution in [0.1, 0.15) is 17.5 Å². The summed E-state index contributed by atoms with van der Waals surface area (Å²) in [6.45, 7) is 0.298. The molecule has 174 valence electrons. The molecule has 1 fully saturated rings. The van der Waals surface area contributed by atoms with Crippen molar-refractivity contribution < 1.29 is 27.8 Å². The number of piperidine rings is 1. The summed E-state index contributed by atoms with van der Waals surface area (Å²) in [5.41, 5.74) is 1.01. The summed E-state index contributed by atoms with van der Waals surface area (Å²) >= 11 is 3.23. The predicted octanol–water partition coefficient (Wildman–Crippen LogP) is 3.47. The number of methoxy groups -OCH3 is 1. The van der Waals surface area contributed by atoms with E-state index in [4.69, 9.17) is 4.74 Å². The molecule has 0 aliphatic carbocycles. The zero-order chi connectivity index (χ0) is 23.7. The second-order valence-corrected chi connectivity index (χ2v) is 8.51. The molecular weight excluding hydrogens is 505 g/mol. The highest BCUT2D eigenvalue weighted by Crippen LogP contribution is 2.28. The van der Waals surface area contributed by atoms with Crippen LogP contribution in [0.15, 0.2) is 41.1 Å². The minimum absolute atomic E-state index is 0.00474. The topological polar surface area (TPSA) is 80.5 Å². The molecule has 4 rings (SSSR count). The number of nitrogens with zero attached hydrogens (tertiary/aromatic N) is 4. The lowest BCUT2D eigenvalue weighted by Gasteiger charge is -2.34. The minimum atomic E-state index is -1.56. The van der Waals surface area contributed by atoms with Crippen LogP contribution in [0.5, 0.6) is 5.75 Å². The zero-order valence-electron chi connectivity index (χ0n) is 17.5. The van der Waals surface area contributed by atoms with E-state index in [9.17, 15) is 23.1 Å². The highest BCUT2D eigenvalue weighted by atomic mass is 79.9. The van der Waals surface area contributed by atoms with Gasteiger partial charge in [-0.2, -0.15) is 4.98 Å². The first-order chi connectivity index (χ1) is 15.7. The first kappa shape index (κ1) is 23.2. The Morgan fingerprint density at radius 2 is 1.82 bits per heavy atom. The van der Waals surface area contributed by atoms with Crippen LogP contribution < -0.4 is 9.64 Å². The van der Waals surface area contributed by atoms with Gasteiger partial charge >= 0.3 is 0 Å². The molecule has 0 spiro atoms. The van der Waals surface area contributed by atoms with Gasteiger partial charge in [0.1, 0.15) is 5.75 Å². The molecule has 3 aromatic rings. The fourth-order valence-corrected chi connectivity index (χ4v) is 4.25. The van der Waals surface area contributed by atoms with E-state index in [2.05, 4.69) is 26.0 Å². The van der Waals surface area contributed by atoms with Crippen molar-refractivity contribution >= 4 is 27.8 Å². The number of aliphatic hydroxyl groups excluding tert-OH is 1. The Bertz CT molecular complexity index is 1150. The van der Waals surface area contributed by atoms with Crippen molar-refractivity contribution in [2.45, 2.75) is 25.5 Å². The van der Waals surface area contributed by atoms with E-state index in [0.29, 0.717) is 12.3 Å². The van der Waals surface area contributed by atoms with Gasteiger partial charge in [0.2, 0.25) is 16.6 Å². The van der Waals surface area contributed by atoms with E-state index >= 15 is 0 Å². The highest BCUT2D eigenvalue weighted by Gasteiger charge is 2.37. The maximum atomic E-state index is 13.6. The van der Waals surface area contributed by atoms with Crippen LogP contribution >= 0.6 is 15.9 Å². The maximum Gasteiger partial charge on any atom is 0.232 e. The van der Waals surface area contributed by atoms with Gasteiger partial charge in [0, 0.05) is 5.92 Å². The maximum absolute atomic E-state index is 13.6. The Hall–Kier alpha value is -2.92. The van der Waals surface area contributed by atoms with Crippen molar-refractivity contribution in [2.24, 2.45) is 5.92 Å². The van der Waals surface area contributed by atoms with Crippen LogP contribution in [0.4, 0.5) is 19.1 Å². The van der Waals surface area contributed by atoms with Gasteiger partial charge in [-0.05, 0) is 64.2 Å². The Labute approximate surface area is 195 Å². The van der Waals surface area contributed by atoms with E-state index in [0.717, 1.165) is 17.7 Å². The lowest BCUT2D eigenvalue weighted by Crippen LogP contribution is -2.49. The van der Waals surface area contributed by atoms with Crippen LogP contribution in [-0.4, -0.2) is 45.5 Å². The molecule has 2 unspecified atom stereocenters. The average molecular weight is 525 g/mol. The molecule has 7 nitrogen and oxygen atoms in total. The van der Waals surface area contributed by atoms with Crippen LogP contribution in [-0.2, 0) is 17.8 Å². The fourth-order valence-electron chi connectivity index (χ4n) is 3.90. The molecule has 1 aliphatic rings. The molecule has 2 atom stereocenters. The molecule has 2 heterocycles. The third-order valence-electron chi connectivity index (χ3n) is 5.45. The summed E-state index contributed by atoms with van der Waals surface area (Å²) < 4.78 is 47.5. The third-order valence-corrected chi connectivity index (χ3v) is 5.79. The number of ether oxygens (including phenoxy) is 1. The summed E-state index contributed by atoms with van der Waals surface area (Å²) in [4.78, 5) is 18.9. The van der Waals surface area contributed by atoms with Gasteiger partial charge < -0.3 is 9.84 Å². The molecule has 33 heavy (non-hydrogen) atoms. The molecule has 0 radical (unpaired) electrons. The number of aromatic nitrogens is 3. The molecule has 11 heteroatoms. The largest absolute Gasteiger partial charge is 0.497 e. The van der Waals surface area contributed by atoms with Crippen molar-refractivity contribution in [1.82, 2.24) is 14.8 Å². The summed E-state index contributed by atoms with van der Waals surface area (Å²) in [5.74, 6) is -4.44. The molecule has 0 bridgehead atoms. The molecule has 0 saturated carbocycles. The van der Waals surface area contributed by atoms with Crippen LogP contribution in [0.3, 0.4) is 0 Å². The number of benzene rings is 2. The first-order valence-corrected chi connectivity index (χ1v) is 10.9. The predicted molar refractivity (Wildman–Crippen MR) is 116 cm³/mol. The van der Waals surface area contributed by atoms with Crippen LogP contribution in [0, 0.1) is 23.4 Å². The summed E-state index contributed by atoms with van der Waals surface area (Å²) in [7, 11) is 1.57. The Balaban J connectivity index is 1.59. The molecule has 1 aromatic heterocycles. The molecule has 1 N–H and O–H groups in total. The van der Waals surface area contributed by atoms with E-state index < -0.39 is 29.5 Å². The van der Waals surface area contributed by atoms with E-state index in [1.165, 1.54) is 9.58 Å².